The Bertz CT molecular complexity index is 420. The van der Waals surface area contributed by atoms with Gasteiger partial charge in [-0.15, -0.1) is 0 Å². The molecule has 0 atom stereocenters. The maximum Gasteiger partial charge on any atom is 0.116 e. The van der Waals surface area contributed by atoms with Gasteiger partial charge in [-0.1, -0.05) is 0 Å². The van der Waals surface area contributed by atoms with Crippen molar-refractivity contribution in [2.75, 3.05) is 6.54 Å². The Morgan fingerprint density at radius 2 is 2.15 bits per heavy atom. The molecule has 0 aliphatic carbocycles. The molecule has 2 aromatic rings. The molecule has 68 valence electrons. The van der Waals surface area contributed by atoms with Crippen LogP contribution in [0.3, 0.4) is 0 Å². The summed E-state index contributed by atoms with van der Waals surface area (Å²) in [5.74, 6) is 0.297. The summed E-state index contributed by atoms with van der Waals surface area (Å²) < 4.78 is 0. The predicted octanol–water partition coefficient (Wildman–Crippen LogP) is 1.37. The molecule has 1 aromatic heterocycles. The van der Waals surface area contributed by atoms with Crippen LogP contribution in [0.2, 0.25) is 0 Å². The molecule has 3 heteroatoms. The summed E-state index contributed by atoms with van der Waals surface area (Å²) in [4.78, 5) is 3.23. The van der Waals surface area contributed by atoms with Gasteiger partial charge in [0.05, 0.1) is 0 Å². The average molecular weight is 176 g/mol. The highest BCUT2D eigenvalue weighted by Gasteiger charge is 2.00. The minimum Gasteiger partial charge on any atom is -0.508 e. The van der Waals surface area contributed by atoms with E-state index in [-0.39, 0.29) is 0 Å². The number of fused-ring (bicyclic) bond motifs is 1. The summed E-state index contributed by atoms with van der Waals surface area (Å²) in [6.45, 7) is 0.638. The Balaban J connectivity index is 2.49. The van der Waals surface area contributed by atoms with Crippen LogP contribution in [0, 0.1) is 0 Å². The SMILES string of the molecule is NCCc1cc2cc(O)ccc2[nH]1. The molecule has 0 amide bonds. The fourth-order valence-corrected chi connectivity index (χ4v) is 1.47. The summed E-state index contributed by atoms with van der Waals surface area (Å²) in [7, 11) is 0. The highest BCUT2D eigenvalue weighted by atomic mass is 16.3. The third-order valence-electron chi connectivity index (χ3n) is 2.07. The Morgan fingerprint density at radius 3 is 2.92 bits per heavy atom. The van der Waals surface area contributed by atoms with Crippen molar-refractivity contribution in [1.82, 2.24) is 4.98 Å². The number of rotatable bonds is 2. The Morgan fingerprint density at radius 1 is 1.31 bits per heavy atom. The van der Waals surface area contributed by atoms with E-state index in [9.17, 15) is 5.11 Å². The number of hydrogen-bond donors (Lipinski definition) is 3. The van der Waals surface area contributed by atoms with Gasteiger partial charge in [0, 0.05) is 16.6 Å². The van der Waals surface area contributed by atoms with E-state index >= 15 is 0 Å². The molecule has 13 heavy (non-hydrogen) atoms. The van der Waals surface area contributed by atoms with E-state index in [4.69, 9.17) is 5.73 Å². The number of nitrogens with one attached hydrogen (secondary N) is 1. The summed E-state index contributed by atoms with van der Waals surface area (Å²) in [5.41, 5.74) is 7.60. The number of H-pyrrole nitrogens is 1. The first kappa shape index (κ1) is 8.13. The maximum absolute atomic E-state index is 9.23. The molecule has 0 aliphatic rings. The lowest BCUT2D eigenvalue weighted by atomic mass is 10.2. The quantitative estimate of drug-likeness (QED) is 0.647. The Kier molecular flexibility index (Phi) is 1.94. The standard InChI is InChI=1S/C10H12N2O/c11-4-3-8-5-7-6-9(13)1-2-10(7)12-8/h1-2,5-6,12-13H,3-4,11H2. The molecule has 1 aromatic carbocycles. The number of aromatic amines is 1. The summed E-state index contributed by atoms with van der Waals surface area (Å²) >= 11 is 0. The van der Waals surface area contributed by atoms with Gasteiger partial charge in [0.25, 0.3) is 0 Å². The van der Waals surface area contributed by atoms with Crippen LogP contribution in [0.1, 0.15) is 5.69 Å². The molecule has 0 spiro atoms. The van der Waals surface area contributed by atoms with E-state index in [1.807, 2.05) is 12.1 Å². The molecule has 0 aliphatic heterocycles. The van der Waals surface area contributed by atoms with Crippen molar-refractivity contribution in [3.05, 3.63) is 30.0 Å². The maximum atomic E-state index is 9.23. The van der Waals surface area contributed by atoms with Gasteiger partial charge >= 0.3 is 0 Å². The van der Waals surface area contributed by atoms with Gasteiger partial charge in [0.2, 0.25) is 0 Å². The van der Waals surface area contributed by atoms with Gasteiger partial charge in [0.1, 0.15) is 5.75 Å². The van der Waals surface area contributed by atoms with E-state index in [0.717, 1.165) is 23.0 Å². The first-order chi connectivity index (χ1) is 6.29. The molecule has 0 radical (unpaired) electrons. The lowest BCUT2D eigenvalue weighted by Crippen LogP contribution is -2.02. The summed E-state index contributed by atoms with van der Waals surface area (Å²) in [6.07, 6.45) is 0.843. The normalized spacial score (nSPS) is 10.8. The minimum atomic E-state index is 0.297. The number of aromatic nitrogens is 1. The average Bonchev–Trinajstić information content (AvgIpc) is 2.46. The first-order valence-corrected chi connectivity index (χ1v) is 4.30. The molecule has 2 rings (SSSR count). The van der Waals surface area contributed by atoms with Crippen molar-refractivity contribution in [1.29, 1.82) is 0 Å². The zero-order valence-electron chi connectivity index (χ0n) is 7.25. The molecule has 4 N–H and O–H groups in total. The van der Waals surface area contributed by atoms with Gasteiger partial charge in [-0.3, -0.25) is 0 Å². The molecule has 0 bridgehead atoms. The van der Waals surface area contributed by atoms with E-state index in [1.165, 1.54) is 0 Å². The fraction of sp³-hybridized carbons (Fsp3) is 0.200. The molecular weight excluding hydrogens is 164 g/mol. The largest absolute Gasteiger partial charge is 0.508 e. The highest BCUT2D eigenvalue weighted by Crippen LogP contribution is 2.20. The molecule has 1 heterocycles. The second-order valence-electron chi connectivity index (χ2n) is 3.10. The second kappa shape index (κ2) is 3.11. The van der Waals surface area contributed by atoms with Crippen molar-refractivity contribution in [3.63, 3.8) is 0 Å². The summed E-state index contributed by atoms with van der Waals surface area (Å²) in [6, 6.07) is 7.30. The number of benzene rings is 1. The monoisotopic (exact) mass is 176 g/mol. The van der Waals surface area contributed by atoms with Crippen LogP contribution >= 0.6 is 0 Å². The lowest BCUT2D eigenvalue weighted by Gasteiger charge is -1.90. The van der Waals surface area contributed by atoms with E-state index < -0.39 is 0 Å². The van der Waals surface area contributed by atoms with Gasteiger partial charge in [-0.25, -0.2) is 0 Å². The van der Waals surface area contributed by atoms with Gasteiger partial charge in [0.15, 0.2) is 0 Å². The van der Waals surface area contributed by atoms with Crippen LogP contribution in [0.15, 0.2) is 24.3 Å². The topological polar surface area (TPSA) is 62.0 Å². The second-order valence-corrected chi connectivity index (χ2v) is 3.10. The highest BCUT2D eigenvalue weighted by molar-refractivity contribution is 5.81. The summed E-state index contributed by atoms with van der Waals surface area (Å²) in [5, 5.41) is 10.3. The van der Waals surface area contributed by atoms with Crippen LogP contribution in [-0.4, -0.2) is 16.6 Å². The molecule has 0 saturated heterocycles. The first-order valence-electron chi connectivity index (χ1n) is 4.30. The molecule has 0 saturated carbocycles. The molecule has 0 fully saturated rings. The number of hydrogen-bond acceptors (Lipinski definition) is 2. The molecular formula is C10H12N2O. The number of aromatic hydroxyl groups is 1. The Hall–Kier alpha value is -1.48. The van der Waals surface area contributed by atoms with E-state index in [2.05, 4.69) is 4.98 Å². The van der Waals surface area contributed by atoms with Crippen LogP contribution in [0.4, 0.5) is 0 Å². The molecule has 0 unspecified atom stereocenters. The van der Waals surface area contributed by atoms with Crippen molar-refractivity contribution >= 4 is 10.9 Å². The third kappa shape index (κ3) is 1.51. The van der Waals surface area contributed by atoms with Gasteiger partial charge in [-0.2, -0.15) is 0 Å². The van der Waals surface area contributed by atoms with Crippen LogP contribution in [-0.2, 0) is 6.42 Å². The van der Waals surface area contributed by atoms with Crippen LogP contribution in [0.5, 0.6) is 5.75 Å². The van der Waals surface area contributed by atoms with Crippen LogP contribution in [0.25, 0.3) is 10.9 Å². The number of phenolic OH excluding ortho intramolecular Hbond substituents is 1. The molecule has 3 nitrogen and oxygen atoms in total. The Labute approximate surface area is 76.2 Å². The van der Waals surface area contributed by atoms with E-state index in [1.54, 1.807) is 12.1 Å². The minimum absolute atomic E-state index is 0.297. The van der Waals surface area contributed by atoms with Crippen molar-refractivity contribution < 1.29 is 5.11 Å². The third-order valence-corrected chi connectivity index (χ3v) is 2.07. The zero-order chi connectivity index (χ0) is 9.26. The smallest absolute Gasteiger partial charge is 0.116 e. The van der Waals surface area contributed by atoms with Gasteiger partial charge in [-0.05, 0) is 37.2 Å². The zero-order valence-corrected chi connectivity index (χ0v) is 7.25. The predicted molar refractivity (Wildman–Crippen MR) is 52.7 cm³/mol. The van der Waals surface area contributed by atoms with Crippen molar-refractivity contribution in [3.8, 4) is 5.75 Å². The fourth-order valence-electron chi connectivity index (χ4n) is 1.47. The van der Waals surface area contributed by atoms with E-state index in [0.29, 0.717) is 12.3 Å². The van der Waals surface area contributed by atoms with Gasteiger partial charge < -0.3 is 15.8 Å². The lowest BCUT2D eigenvalue weighted by molar-refractivity contribution is 0.476. The number of nitrogens with two attached hydrogens (primary N) is 1. The van der Waals surface area contributed by atoms with Crippen molar-refractivity contribution in [2.45, 2.75) is 6.42 Å². The van der Waals surface area contributed by atoms with Crippen LogP contribution < -0.4 is 5.73 Å². The number of phenols is 1. The van der Waals surface area contributed by atoms with Crippen molar-refractivity contribution in [2.24, 2.45) is 5.73 Å².